The molecule has 3 rings (SSSR count). The van der Waals surface area contributed by atoms with Crippen molar-refractivity contribution in [1.82, 2.24) is 15.3 Å². The maximum Gasteiger partial charge on any atom is 0.255 e. The molecule has 1 aliphatic heterocycles. The van der Waals surface area contributed by atoms with E-state index >= 15 is 0 Å². The number of aromatic nitrogens is 2. The van der Waals surface area contributed by atoms with Crippen LogP contribution in [0, 0.1) is 6.92 Å². The molecule has 6 nitrogen and oxygen atoms in total. The van der Waals surface area contributed by atoms with E-state index < -0.39 is 0 Å². The smallest absolute Gasteiger partial charge is 0.255 e. The van der Waals surface area contributed by atoms with Gasteiger partial charge in [0.05, 0.1) is 23.5 Å². The molecule has 1 amide bonds. The quantitative estimate of drug-likeness (QED) is 0.917. The summed E-state index contributed by atoms with van der Waals surface area (Å²) in [6.45, 7) is 4.26. The molecular formula is C18H20N4O2. The zero-order valence-electron chi connectivity index (χ0n) is 13.8. The highest BCUT2D eigenvalue weighted by Gasteiger charge is 2.22. The van der Waals surface area contributed by atoms with Gasteiger partial charge in [-0.05, 0) is 13.3 Å². The number of carbonyl (C=O) groups is 1. The summed E-state index contributed by atoms with van der Waals surface area (Å²) in [7, 11) is 0. The van der Waals surface area contributed by atoms with E-state index in [9.17, 15) is 4.79 Å². The van der Waals surface area contributed by atoms with Crippen LogP contribution in [-0.2, 0) is 4.84 Å². The minimum Gasteiger partial charge on any atom is -0.390 e. The lowest BCUT2D eigenvalue weighted by atomic mass is 10.1. The molecule has 1 atom stereocenters. The lowest BCUT2D eigenvalue weighted by Crippen LogP contribution is -2.32. The lowest BCUT2D eigenvalue weighted by Gasteiger charge is -2.12. The van der Waals surface area contributed by atoms with Crippen LogP contribution in [0.15, 0.2) is 41.7 Å². The second-order valence-electron chi connectivity index (χ2n) is 5.70. The van der Waals surface area contributed by atoms with Crippen LogP contribution in [0.5, 0.6) is 0 Å². The minimum absolute atomic E-state index is 0.101. The first kappa shape index (κ1) is 16.1. The van der Waals surface area contributed by atoms with Gasteiger partial charge in [-0.15, -0.1) is 0 Å². The number of nitrogens with one attached hydrogen (secondary N) is 1. The molecule has 0 bridgehead atoms. The third kappa shape index (κ3) is 3.59. The van der Waals surface area contributed by atoms with Gasteiger partial charge in [0, 0.05) is 18.2 Å². The fraction of sp³-hybridized carbons (Fsp3) is 0.333. The molecule has 1 aliphatic rings. The van der Waals surface area contributed by atoms with Crippen molar-refractivity contribution in [2.75, 3.05) is 6.54 Å². The SMILES string of the molecule is CCC1=NO[C@H](CNC(=O)c2cnc(C)nc2-c2ccccc2)C1. The Kier molecular flexibility index (Phi) is 4.84. The maximum atomic E-state index is 12.6. The standard InChI is InChI=1S/C18H20N4O2/c1-3-14-9-15(24-22-14)10-20-18(23)16-11-19-12(2)21-17(16)13-7-5-4-6-8-13/h4-8,11,15H,3,9-10H2,1-2H3,(H,20,23)/t15-/m0/s1. The molecule has 0 unspecified atom stereocenters. The molecule has 0 aliphatic carbocycles. The minimum atomic E-state index is -0.206. The highest BCUT2D eigenvalue weighted by Crippen LogP contribution is 2.21. The summed E-state index contributed by atoms with van der Waals surface area (Å²) in [6, 6.07) is 9.63. The lowest BCUT2D eigenvalue weighted by molar-refractivity contribution is 0.0753. The van der Waals surface area contributed by atoms with Gasteiger partial charge in [0.15, 0.2) is 0 Å². The molecule has 2 heterocycles. The van der Waals surface area contributed by atoms with Gasteiger partial charge in [-0.3, -0.25) is 4.79 Å². The van der Waals surface area contributed by atoms with E-state index in [0.29, 0.717) is 23.6 Å². The van der Waals surface area contributed by atoms with Gasteiger partial charge in [0.25, 0.3) is 5.91 Å². The number of aryl methyl sites for hydroxylation is 1. The van der Waals surface area contributed by atoms with Crippen molar-refractivity contribution >= 4 is 11.6 Å². The summed E-state index contributed by atoms with van der Waals surface area (Å²) >= 11 is 0. The number of carbonyl (C=O) groups excluding carboxylic acids is 1. The predicted octanol–water partition coefficient (Wildman–Crippen LogP) is 2.74. The van der Waals surface area contributed by atoms with Crippen molar-refractivity contribution in [3.8, 4) is 11.3 Å². The Balaban J connectivity index is 1.73. The maximum absolute atomic E-state index is 12.6. The Morgan fingerprint density at radius 3 is 2.83 bits per heavy atom. The Bertz CT molecular complexity index is 759. The van der Waals surface area contributed by atoms with Gasteiger partial charge in [-0.1, -0.05) is 42.4 Å². The summed E-state index contributed by atoms with van der Waals surface area (Å²) in [6.07, 6.45) is 3.10. The topological polar surface area (TPSA) is 76.5 Å². The summed E-state index contributed by atoms with van der Waals surface area (Å²) in [5.41, 5.74) is 3.01. The first-order valence-corrected chi connectivity index (χ1v) is 8.06. The number of nitrogens with zero attached hydrogens (tertiary/aromatic N) is 3. The molecular weight excluding hydrogens is 304 g/mol. The van der Waals surface area contributed by atoms with Crippen LogP contribution in [0.3, 0.4) is 0 Å². The zero-order chi connectivity index (χ0) is 16.9. The first-order valence-electron chi connectivity index (χ1n) is 8.06. The van der Waals surface area contributed by atoms with Crippen LogP contribution in [0.2, 0.25) is 0 Å². The molecule has 1 N–H and O–H groups in total. The van der Waals surface area contributed by atoms with Gasteiger partial charge in [-0.25, -0.2) is 9.97 Å². The molecule has 0 radical (unpaired) electrons. The van der Waals surface area contributed by atoms with Crippen molar-refractivity contribution in [2.45, 2.75) is 32.8 Å². The molecule has 0 spiro atoms. The molecule has 1 aromatic heterocycles. The van der Waals surface area contributed by atoms with E-state index in [2.05, 4.69) is 20.4 Å². The second kappa shape index (κ2) is 7.21. The second-order valence-corrected chi connectivity index (χ2v) is 5.70. The fourth-order valence-electron chi connectivity index (χ4n) is 2.56. The molecule has 2 aromatic rings. The average molecular weight is 324 g/mol. The molecule has 0 saturated heterocycles. The van der Waals surface area contributed by atoms with Gasteiger partial charge in [0.1, 0.15) is 11.9 Å². The van der Waals surface area contributed by atoms with Crippen molar-refractivity contribution in [3.63, 3.8) is 0 Å². The van der Waals surface area contributed by atoms with E-state index in [1.807, 2.05) is 44.2 Å². The number of amides is 1. The summed E-state index contributed by atoms with van der Waals surface area (Å²) in [5.74, 6) is 0.424. The first-order chi connectivity index (χ1) is 11.7. The summed E-state index contributed by atoms with van der Waals surface area (Å²) in [4.78, 5) is 26.5. The largest absolute Gasteiger partial charge is 0.390 e. The molecule has 24 heavy (non-hydrogen) atoms. The van der Waals surface area contributed by atoms with E-state index in [4.69, 9.17) is 4.84 Å². The van der Waals surface area contributed by atoms with Crippen molar-refractivity contribution in [1.29, 1.82) is 0 Å². The van der Waals surface area contributed by atoms with E-state index in [-0.39, 0.29) is 12.0 Å². The highest BCUT2D eigenvalue weighted by molar-refractivity contribution is 5.99. The normalized spacial score (nSPS) is 16.4. The molecule has 1 aromatic carbocycles. The molecule has 0 fully saturated rings. The van der Waals surface area contributed by atoms with Gasteiger partial charge in [-0.2, -0.15) is 0 Å². The monoisotopic (exact) mass is 324 g/mol. The third-order valence-corrected chi connectivity index (χ3v) is 3.89. The van der Waals surface area contributed by atoms with Gasteiger partial charge >= 0.3 is 0 Å². The van der Waals surface area contributed by atoms with Crippen LogP contribution in [0.25, 0.3) is 11.3 Å². The van der Waals surface area contributed by atoms with E-state index in [1.54, 1.807) is 6.20 Å². The van der Waals surface area contributed by atoms with Crippen molar-refractivity contribution in [3.05, 3.63) is 47.9 Å². The van der Waals surface area contributed by atoms with Crippen molar-refractivity contribution < 1.29 is 9.63 Å². The third-order valence-electron chi connectivity index (χ3n) is 3.89. The summed E-state index contributed by atoms with van der Waals surface area (Å²) < 4.78 is 0. The number of oxime groups is 1. The number of benzene rings is 1. The Morgan fingerprint density at radius 2 is 2.12 bits per heavy atom. The number of rotatable bonds is 5. The average Bonchev–Trinajstić information content (AvgIpc) is 3.08. The fourth-order valence-corrected chi connectivity index (χ4v) is 2.56. The number of hydrogen-bond acceptors (Lipinski definition) is 5. The van der Waals surface area contributed by atoms with Crippen LogP contribution < -0.4 is 5.32 Å². The van der Waals surface area contributed by atoms with E-state index in [1.165, 1.54) is 0 Å². The van der Waals surface area contributed by atoms with Gasteiger partial charge in [0.2, 0.25) is 0 Å². The Hall–Kier alpha value is -2.76. The molecule has 0 saturated carbocycles. The van der Waals surface area contributed by atoms with Crippen LogP contribution in [0.4, 0.5) is 0 Å². The zero-order valence-corrected chi connectivity index (χ0v) is 13.8. The van der Waals surface area contributed by atoms with Crippen LogP contribution >= 0.6 is 0 Å². The molecule has 124 valence electrons. The highest BCUT2D eigenvalue weighted by atomic mass is 16.6. The number of hydrogen-bond donors (Lipinski definition) is 1. The van der Waals surface area contributed by atoms with Crippen molar-refractivity contribution in [2.24, 2.45) is 5.16 Å². The summed E-state index contributed by atoms with van der Waals surface area (Å²) in [5, 5.41) is 6.90. The predicted molar refractivity (Wildman–Crippen MR) is 91.8 cm³/mol. The van der Waals surface area contributed by atoms with Gasteiger partial charge < -0.3 is 10.2 Å². The van der Waals surface area contributed by atoms with Crippen LogP contribution in [-0.4, -0.2) is 34.2 Å². The molecule has 6 heteroatoms. The Labute approximate surface area is 141 Å². The Morgan fingerprint density at radius 1 is 1.33 bits per heavy atom. The van der Waals surface area contributed by atoms with E-state index in [0.717, 1.165) is 24.1 Å². The van der Waals surface area contributed by atoms with Crippen LogP contribution in [0.1, 0.15) is 35.9 Å².